The number of rotatable bonds is 2. The van der Waals surface area contributed by atoms with Crippen molar-refractivity contribution in [2.45, 2.75) is 4.90 Å². The summed E-state index contributed by atoms with van der Waals surface area (Å²) < 4.78 is 22.6. The van der Waals surface area contributed by atoms with Crippen molar-refractivity contribution < 1.29 is 13.5 Å². The molecule has 0 atom stereocenters. The van der Waals surface area contributed by atoms with Crippen LogP contribution in [0, 0.1) is 0 Å². The zero-order valence-electron chi connectivity index (χ0n) is 9.01. The second-order valence-corrected chi connectivity index (χ2v) is 5.65. The summed E-state index contributed by atoms with van der Waals surface area (Å²) in [4.78, 5) is -0.103. The molecule has 90 valence electrons. The number of hydrogen-bond donors (Lipinski definition) is 3. The van der Waals surface area contributed by atoms with E-state index >= 15 is 0 Å². The molecule has 0 radical (unpaired) electrons. The Balaban J connectivity index is 2.52. The minimum atomic E-state index is -3.43. The average Bonchev–Trinajstić information content (AvgIpc) is 2.62. The topological polar surface area (TPSA) is 109 Å². The van der Waals surface area contributed by atoms with Crippen molar-refractivity contribution in [3.05, 3.63) is 24.3 Å². The molecule has 4 N–H and O–H groups in total. The van der Waals surface area contributed by atoms with Crippen LogP contribution in [-0.4, -0.2) is 30.0 Å². The van der Waals surface area contributed by atoms with Gasteiger partial charge in [0.2, 0.25) is 0 Å². The van der Waals surface area contributed by atoms with Gasteiger partial charge in [0.25, 0.3) is 0 Å². The van der Waals surface area contributed by atoms with E-state index in [1.807, 2.05) is 0 Å². The van der Waals surface area contributed by atoms with E-state index in [-0.39, 0.29) is 10.6 Å². The fourth-order valence-electron chi connectivity index (χ4n) is 1.48. The van der Waals surface area contributed by atoms with E-state index in [1.165, 1.54) is 12.1 Å². The third kappa shape index (κ3) is 2.23. The Morgan fingerprint density at radius 2 is 2.06 bits per heavy atom. The van der Waals surface area contributed by atoms with Gasteiger partial charge >= 0.3 is 0 Å². The first-order valence-electron chi connectivity index (χ1n) is 4.72. The second kappa shape index (κ2) is 3.77. The number of hydrogen-bond acceptors (Lipinski definition) is 5. The van der Waals surface area contributed by atoms with Gasteiger partial charge in [-0.2, -0.15) is 5.10 Å². The summed E-state index contributed by atoms with van der Waals surface area (Å²) in [6, 6.07) is 5.86. The molecule has 0 unspecified atom stereocenters. The number of nitrogens with zero attached hydrogens (tertiary/aromatic N) is 1. The third-order valence-electron chi connectivity index (χ3n) is 2.27. The molecule has 1 aromatic carbocycles. The number of aromatic nitrogens is 2. The van der Waals surface area contributed by atoms with E-state index in [1.54, 1.807) is 12.1 Å². The van der Waals surface area contributed by atoms with Crippen LogP contribution < -0.4 is 5.73 Å². The van der Waals surface area contributed by atoms with E-state index in [4.69, 9.17) is 5.73 Å². The van der Waals surface area contributed by atoms with Gasteiger partial charge in [0.05, 0.1) is 5.69 Å². The van der Waals surface area contributed by atoms with Gasteiger partial charge in [-0.05, 0) is 12.1 Å². The number of nitrogens with two attached hydrogens (primary N) is 1. The summed E-state index contributed by atoms with van der Waals surface area (Å²) >= 11 is 0. The van der Waals surface area contributed by atoms with Gasteiger partial charge in [-0.3, -0.25) is 5.10 Å². The average molecular weight is 253 g/mol. The molecule has 0 aliphatic carbocycles. The summed E-state index contributed by atoms with van der Waals surface area (Å²) in [5.41, 5.74) is 6.67. The Labute approximate surface area is 98.0 Å². The van der Waals surface area contributed by atoms with Crippen LogP contribution in [0.4, 0.5) is 5.82 Å². The normalized spacial score (nSPS) is 11.6. The molecule has 2 rings (SSSR count). The number of aromatic hydroxyl groups is 1. The largest absolute Gasteiger partial charge is 0.507 e. The smallest absolute Gasteiger partial charge is 0.179 e. The highest BCUT2D eigenvalue weighted by molar-refractivity contribution is 7.90. The lowest BCUT2D eigenvalue weighted by Gasteiger charge is -2.04. The highest BCUT2D eigenvalue weighted by Gasteiger charge is 2.14. The van der Waals surface area contributed by atoms with Crippen LogP contribution in [0.25, 0.3) is 11.3 Å². The Morgan fingerprint density at radius 1 is 1.35 bits per heavy atom. The van der Waals surface area contributed by atoms with Crippen LogP contribution in [0.15, 0.2) is 29.2 Å². The third-order valence-corrected chi connectivity index (χ3v) is 3.41. The quantitative estimate of drug-likeness (QED) is 0.732. The monoisotopic (exact) mass is 253 g/mol. The first kappa shape index (κ1) is 11.5. The van der Waals surface area contributed by atoms with Crippen LogP contribution in [0.5, 0.6) is 5.75 Å². The number of anilines is 1. The van der Waals surface area contributed by atoms with Crippen LogP contribution in [-0.2, 0) is 9.84 Å². The number of sulfone groups is 1. The first-order chi connectivity index (χ1) is 7.88. The molecule has 0 spiro atoms. The standard InChI is InChI=1S/C10H11N3O3S/c1-17(15,16)9-3-2-6(4-8(9)14)7-5-10(11)13-12-7/h2-5,14H,1H3,(H3,11,12,13). The second-order valence-electron chi connectivity index (χ2n) is 3.66. The van der Waals surface area contributed by atoms with Crippen LogP contribution >= 0.6 is 0 Å². The van der Waals surface area contributed by atoms with Gasteiger partial charge < -0.3 is 10.8 Å². The predicted octanol–water partition coefficient (Wildman–Crippen LogP) is 0.768. The molecule has 0 bridgehead atoms. The molecule has 1 aromatic heterocycles. The predicted molar refractivity (Wildman–Crippen MR) is 63.2 cm³/mol. The molecule has 7 heteroatoms. The van der Waals surface area contributed by atoms with Crippen LogP contribution in [0.1, 0.15) is 0 Å². The van der Waals surface area contributed by atoms with Crippen molar-refractivity contribution in [1.82, 2.24) is 10.2 Å². The summed E-state index contributed by atoms with van der Waals surface area (Å²) in [7, 11) is -3.43. The number of nitrogens with one attached hydrogen (secondary N) is 1. The highest BCUT2D eigenvalue weighted by Crippen LogP contribution is 2.28. The van der Waals surface area contributed by atoms with Crippen LogP contribution in [0.3, 0.4) is 0 Å². The molecule has 0 aliphatic rings. The number of phenolic OH excluding ortho intramolecular Hbond substituents is 1. The molecule has 0 amide bonds. The number of H-pyrrole nitrogens is 1. The molecule has 2 aromatic rings. The Hall–Kier alpha value is -2.02. The number of phenols is 1. The van der Waals surface area contributed by atoms with E-state index in [0.29, 0.717) is 17.1 Å². The van der Waals surface area contributed by atoms with Crippen LogP contribution in [0.2, 0.25) is 0 Å². The summed E-state index contributed by atoms with van der Waals surface area (Å²) in [5.74, 6) is 0.0323. The molecule has 17 heavy (non-hydrogen) atoms. The molecular formula is C10H11N3O3S. The fraction of sp³-hybridized carbons (Fsp3) is 0.100. The zero-order valence-corrected chi connectivity index (χ0v) is 9.82. The molecule has 0 aliphatic heterocycles. The molecule has 0 saturated carbocycles. The lowest BCUT2D eigenvalue weighted by molar-refractivity contribution is 0.459. The Morgan fingerprint density at radius 3 is 2.53 bits per heavy atom. The maximum absolute atomic E-state index is 11.3. The first-order valence-corrected chi connectivity index (χ1v) is 6.61. The number of aromatic amines is 1. The summed E-state index contributed by atoms with van der Waals surface area (Å²) in [5, 5.41) is 16.1. The lowest BCUT2D eigenvalue weighted by Crippen LogP contribution is -1.97. The van der Waals surface area contributed by atoms with Crippen molar-refractivity contribution >= 4 is 15.7 Å². The van der Waals surface area contributed by atoms with Gasteiger partial charge in [-0.25, -0.2) is 8.42 Å². The molecule has 1 heterocycles. The summed E-state index contributed by atoms with van der Waals surface area (Å²) in [6.45, 7) is 0. The minimum absolute atomic E-state index is 0.103. The number of benzene rings is 1. The Kier molecular flexibility index (Phi) is 2.55. The van der Waals surface area contributed by atoms with Gasteiger partial charge in [-0.15, -0.1) is 0 Å². The van der Waals surface area contributed by atoms with Gasteiger partial charge in [0, 0.05) is 17.9 Å². The number of nitrogen functional groups attached to an aromatic ring is 1. The maximum atomic E-state index is 11.3. The molecular weight excluding hydrogens is 242 g/mol. The van der Waals surface area contributed by atoms with Gasteiger partial charge in [0.1, 0.15) is 16.5 Å². The minimum Gasteiger partial charge on any atom is -0.507 e. The van der Waals surface area contributed by atoms with Crippen molar-refractivity contribution in [2.75, 3.05) is 12.0 Å². The Bertz CT molecular complexity index is 661. The summed E-state index contributed by atoms with van der Waals surface area (Å²) in [6.07, 6.45) is 1.04. The lowest BCUT2D eigenvalue weighted by atomic mass is 10.1. The SMILES string of the molecule is CS(=O)(=O)c1ccc(-c2cc(N)n[nH]2)cc1O. The molecule has 0 fully saturated rings. The zero-order chi connectivity index (χ0) is 12.6. The van der Waals surface area contributed by atoms with Gasteiger partial charge in [0.15, 0.2) is 9.84 Å². The molecule has 0 saturated heterocycles. The van der Waals surface area contributed by atoms with E-state index in [9.17, 15) is 13.5 Å². The maximum Gasteiger partial charge on any atom is 0.179 e. The van der Waals surface area contributed by atoms with E-state index < -0.39 is 9.84 Å². The van der Waals surface area contributed by atoms with E-state index in [2.05, 4.69) is 10.2 Å². The van der Waals surface area contributed by atoms with Crippen molar-refractivity contribution in [3.63, 3.8) is 0 Å². The van der Waals surface area contributed by atoms with Crippen molar-refractivity contribution in [1.29, 1.82) is 0 Å². The molecule has 6 nitrogen and oxygen atoms in total. The van der Waals surface area contributed by atoms with Crippen molar-refractivity contribution in [3.8, 4) is 17.0 Å². The fourth-order valence-corrected chi connectivity index (χ4v) is 2.24. The highest BCUT2D eigenvalue weighted by atomic mass is 32.2. The van der Waals surface area contributed by atoms with Crippen molar-refractivity contribution in [2.24, 2.45) is 0 Å². The van der Waals surface area contributed by atoms with E-state index in [0.717, 1.165) is 6.26 Å². The van der Waals surface area contributed by atoms with Gasteiger partial charge in [-0.1, -0.05) is 6.07 Å².